The number of aromatic nitrogens is 2. The zero-order valence-corrected chi connectivity index (χ0v) is 13.1. The predicted molar refractivity (Wildman–Crippen MR) is 83.8 cm³/mol. The maximum atomic E-state index is 12.2. The minimum atomic E-state index is -0.323. The normalized spacial score (nSPS) is 10.1. The number of nitrogens with one attached hydrogen (secondary N) is 1. The Hall–Kier alpha value is -2.34. The van der Waals surface area contributed by atoms with Crippen molar-refractivity contribution < 1.29 is 14.3 Å². The molecule has 0 saturated carbocycles. The van der Waals surface area contributed by atoms with Gasteiger partial charge < -0.3 is 14.8 Å². The van der Waals surface area contributed by atoms with E-state index >= 15 is 0 Å². The molecule has 0 radical (unpaired) electrons. The van der Waals surface area contributed by atoms with Gasteiger partial charge >= 0.3 is 6.01 Å². The van der Waals surface area contributed by atoms with Gasteiger partial charge in [-0.05, 0) is 32.0 Å². The van der Waals surface area contributed by atoms with Gasteiger partial charge in [0.05, 0.1) is 19.4 Å². The minimum Gasteiger partial charge on any atom is -0.476 e. The molecule has 2 aromatic rings. The standard InChI is InChI=1S/C15H16ClN3O3/c1-3-21-14-12(9-17-15(19-14)22-4-2)18-13(20)10-6-5-7-11(16)8-10/h5-9H,3-4H2,1-2H3,(H,18,20). The first kappa shape index (κ1) is 16.0. The van der Waals surface area contributed by atoms with Gasteiger partial charge in [0.1, 0.15) is 5.69 Å². The molecule has 1 aromatic heterocycles. The van der Waals surface area contributed by atoms with Crippen LogP contribution in [0.25, 0.3) is 0 Å². The Bertz CT molecular complexity index is 664. The largest absolute Gasteiger partial charge is 0.476 e. The monoisotopic (exact) mass is 321 g/mol. The maximum absolute atomic E-state index is 12.2. The molecule has 22 heavy (non-hydrogen) atoms. The first-order valence-corrected chi connectivity index (χ1v) is 7.21. The van der Waals surface area contributed by atoms with Gasteiger partial charge in [-0.2, -0.15) is 4.98 Å². The molecule has 116 valence electrons. The number of benzene rings is 1. The number of ether oxygens (including phenoxy) is 2. The molecular weight excluding hydrogens is 306 g/mol. The van der Waals surface area contributed by atoms with E-state index in [-0.39, 0.29) is 17.8 Å². The Balaban J connectivity index is 2.22. The van der Waals surface area contributed by atoms with Crippen LogP contribution < -0.4 is 14.8 Å². The Labute approximate surface area is 133 Å². The van der Waals surface area contributed by atoms with Crippen molar-refractivity contribution in [2.24, 2.45) is 0 Å². The molecule has 1 aromatic carbocycles. The van der Waals surface area contributed by atoms with E-state index in [1.807, 2.05) is 13.8 Å². The summed E-state index contributed by atoms with van der Waals surface area (Å²) < 4.78 is 10.6. The highest BCUT2D eigenvalue weighted by Crippen LogP contribution is 2.24. The molecule has 6 nitrogen and oxygen atoms in total. The van der Waals surface area contributed by atoms with Crippen LogP contribution in [0, 0.1) is 0 Å². The average Bonchev–Trinajstić information content (AvgIpc) is 2.50. The summed E-state index contributed by atoms with van der Waals surface area (Å²) in [4.78, 5) is 20.4. The van der Waals surface area contributed by atoms with Crippen LogP contribution in [0.2, 0.25) is 5.02 Å². The van der Waals surface area contributed by atoms with Gasteiger partial charge in [-0.15, -0.1) is 0 Å². The second kappa shape index (κ2) is 7.61. The lowest BCUT2D eigenvalue weighted by molar-refractivity contribution is 0.102. The molecule has 0 aliphatic carbocycles. The molecule has 0 aliphatic heterocycles. The molecule has 7 heteroatoms. The van der Waals surface area contributed by atoms with Crippen LogP contribution in [0.3, 0.4) is 0 Å². The van der Waals surface area contributed by atoms with Gasteiger partial charge in [-0.3, -0.25) is 4.79 Å². The third-order valence-electron chi connectivity index (χ3n) is 2.62. The van der Waals surface area contributed by atoms with Gasteiger partial charge in [0.15, 0.2) is 0 Å². The van der Waals surface area contributed by atoms with Crippen molar-refractivity contribution in [1.29, 1.82) is 0 Å². The number of amides is 1. The smallest absolute Gasteiger partial charge is 0.319 e. The highest BCUT2D eigenvalue weighted by molar-refractivity contribution is 6.31. The van der Waals surface area contributed by atoms with Crippen molar-refractivity contribution in [1.82, 2.24) is 9.97 Å². The van der Waals surface area contributed by atoms with Gasteiger partial charge in [-0.25, -0.2) is 4.98 Å². The molecule has 0 atom stereocenters. The van der Waals surface area contributed by atoms with Crippen molar-refractivity contribution >= 4 is 23.2 Å². The third kappa shape index (κ3) is 4.08. The Morgan fingerprint density at radius 1 is 1.27 bits per heavy atom. The highest BCUT2D eigenvalue weighted by atomic mass is 35.5. The van der Waals surface area contributed by atoms with E-state index in [4.69, 9.17) is 21.1 Å². The zero-order valence-electron chi connectivity index (χ0n) is 12.3. The van der Waals surface area contributed by atoms with E-state index < -0.39 is 0 Å². The SMILES string of the molecule is CCOc1ncc(NC(=O)c2cccc(Cl)c2)c(OCC)n1. The maximum Gasteiger partial charge on any atom is 0.319 e. The summed E-state index contributed by atoms with van der Waals surface area (Å²) in [6, 6.07) is 6.84. The lowest BCUT2D eigenvalue weighted by Crippen LogP contribution is -2.14. The molecule has 0 bridgehead atoms. The number of carbonyl (C=O) groups is 1. The Morgan fingerprint density at radius 3 is 2.73 bits per heavy atom. The minimum absolute atomic E-state index is 0.201. The summed E-state index contributed by atoms with van der Waals surface area (Å²) in [5, 5.41) is 3.19. The van der Waals surface area contributed by atoms with Crippen molar-refractivity contribution in [2.75, 3.05) is 18.5 Å². The van der Waals surface area contributed by atoms with Crippen molar-refractivity contribution in [3.8, 4) is 11.9 Å². The van der Waals surface area contributed by atoms with E-state index in [0.29, 0.717) is 29.5 Å². The molecule has 0 spiro atoms. The average molecular weight is 322 g/mol. The second-order valence-electron chi connectivity index (χ2n) is 4.20. The van der Waals surface area contributed by atoms with E-state index in [9.17, 15) is 4.79 Å². The molecule has 0 unspecified atom stereocenters. The number of nitrogens with zero attached hydrogens (tertiary/aromatic N) is 2. The van der Waals surface area contributed by atoms with Gasteiger partial charge in [0.25, 0.3) is 5.91 Å². The number of carbonyl (C=O) groups excluding carboxylic acids is 1. The number of halogens is 1. The Morgan fingerprint density at radius 2 is 2.05 bits per heavy atom. The molecule has 0 fully saturated rings. The van der Waals surface area contributed by atoms with Crippen molar-refractivity contribution in [3.63, 3.8) is 0 Å². The van der Waals surface area contributed by atoms with Crippen LogP contribution in [0.4, 0.5) is 5.69 Å². The summed E-state index contributed by atoms with van der Waals surface area (Å²) >= 11 is 5.88. The molecular formula is C15H16ClN3O3. The number of rotatable bonds is 6. The zero-order chi connectivity index (χ0) is 15.9. The number of hydrogen-bond acceptors (Lipinski definition) is 5. The van der Waals surface area contributed by atoms with Gasteiger partial charge in [-0.1, -0.05) is 17.7 Å². The highest BCUT2D eigenvalue weighted by Gasteiger charge is 2.13. The van der Waals surface area contributed by atoms with Gasteiger partial charge in [0, 0.05) is 10.6 Å². The van der Waals surface area contributed by atoms with E-state index in [1.165, 1.54) is 6.20 Å². The summed E-state index contributed by atoms with van der Waals surface area (Å²) in [5.41, 5.74) is 0.805. The van der Waals surface area contributed by atoms with E-state index in [2.05, 4.69) is 15.3 Å². The summed E-state index contributed by atoms with van der Waals surface area (Å²) in [5.74, 6) is -0.0625. The first-order valence-electron chi connectivity index (χ1n) is 6.83. The summed E-state index contributed by atoms with van der Waals surface area (Å²) in [6.07, 6.45) is 1.45. The summed E-state index contributed by atoms with van der Waals surface area (Å²) in [6.45, 7) is 4.51. The topological polar surface area (TPSA) is 73.3 Å². The lowest BCUT2D eigenvalue weighted by Gasteiger charge is -2.11. The number of hydrogen-bond donors (Lipinski definition) is 1. The molecule has 1 amide bonds. The lowest BCUT2D eigenvalue weighted by atomic mass is 10.2. The van der Waals surface area contributed by atoms with Crippen LogP contribution in [0.1, 0.15) is 24.2 Å². The van der Waals surface area contributed by atoms with Crippen LogP contribution in [0.15, 0.2) is 30.5 Å². The number of anilines is 1. The molecule has 1 N–H and O–H groups in total. The first-order chi connectivity index (χ1) is 10.6. The summed E-state index contributed by atoms with van der Waals surface area (Å²) in [7, 11) is 0. The molecule has 2 rings (SSSR count). The fourth-order valence-electron chi connectivity index (χ4n) is 1.71. The Kier molecular flexibility index (Phi) is 5.55. The molecule has 1 heterocycles. The second-order valence-corrected chi connectivity index (χ2v) is 4.64. The third-order valence-corrected chi connectivity index (χ3v) is 2.86. The quantitative estimate of drug-likeness (QED) is 0.884. The van der Waals surface area contributed by atoms with Crippen LogP contribution in [-0.4, -0.2) is 29.1 Å². The van der Waals surface area contributed by atoms with E-state index in [0.717, 1.165) is 0 Å². The van der Waals surface area contributed by atoms with Crippen LogP contribution >= 0.6 is 11.6 Å². The van der Waals surface area contributed by atoms with Crippen molar-refractivity contribution in [3.05, 3.63) is 41.0 Å². The fourth-order valence-corrected chi connectivity index (χ4v) is 1.90. The predicted octanol–water partition coefficient (Wildman–Crippen LogP) is 3.18. The van der Waals surface area contributed by atoms with Crippen LogP contribution in [0.5, 0.6) is 11.9 Å². The van der Waals surface area contributed by atoms with Crippen LogP contribution in [-0.2, 0) is 0 Å². The van der Waals surface area contributed by atoms with Gasteiger partial charge in [0.2, 0.25) is 5.88 Å². The van der Waals surface area contributed by atoms with Crippen molar-refractivity contribution in [2.45, 2.75) is 13.8 Å². The molecule has 0 saturated heterocycles. The van der Waals surface area contributed by atoms with E-state index in [1.54, 1.807) is 24.3 Å². The fraction of sp³-hybridized carbons (Fsp3) is 0.267. The molecule has 0 aliphatic rings.